The average molecular weight is 336 g/mol. The summed E-state index contributed by atoms with van der Waals surface area (Å²) in [4.78, 5) is 24.3. The summed E-state index contributed by atoms with van der Waals surface area (Å²) in [7, 11) is 1.83. The molecule has 0 saturated heterocycles. The molecule has 0 unspecified atom stereocenters. The highest BCUT2D eigenvalue weighted by atomic mass is 32.2. The van der Waals surface area contributed by atoms with Gasteiger partial charge in [-0.2, -0.15) is 0 Å². The second-order valence-corrected chi connectivity index (χ2v) is 6.32. The number of anilines is 1. The minimum Gasteiger partial charge on any atom is -0.325 e. The first kappa shape index (κ1) is 16.6. The lowest BCUT2D eigenvalue weighted by Gasteiger charge is -2.09. The Balaban J connectivity index is 2.09. The van der Waals surface area contributed by atoms with Crippen LogP contribution in [0.1, 0.15) is 17.3 Å². The van der Waals surface area contributed by atoms with Crippen LogP contribution in [-0.2, 0) is 11.8 Å². The molecule has 1 heterocycles. The van der Waals surface area contributed by atoms with Crippen molar-refractivity contribution >= 4 is 40.9 Å². The highest BCUT2D eigenvalue weighted by Gasteiger charge is 2.12. The Morgan fingerprint density at radius 2 is 2.14 bits per heavy atom. The molecule has 1 N–H and O–H groups in total. The molecular weight excluding hydrogens is 320 g/mol. The lowest BCUT2D eigenvalue weighted by molar-refractivity contribution is -0.114. The van der Waals surface area contributed by atoms with Gasteiger partial charge >= 0.3 is 0 Å². The van der Waals surface area contributed by atoms with Crippen molar-refractivity contribution in [3.8, 4) is 0 Å². The van der Waals surface area contributed by atoms with Gasteiger partial charge in [0, 0.05) is 24.4 Å². The Morgan fingerprint density at radius 3 is 2.73 bits per heavy atom. The van der Waals surface area contributed by atoms with Gasteiger partial charge in [0.15, 0.2) is 10.9 Å². The maximum absolute atomic E-state index is 12.3. The van der Waals surface area contributed by atoms with Crippen LogP contribution < -0.4 is 5.32 Å². The molecule has 1 aromatic heterocycles. The van der Waals surface area contributed by atoms with Crippen molar-refractivity contribution in [2.75, 3.05) is 17.3 Å². The largest absolute Gasteiger partial charge is 0.325 e. The number of hydrogen-bond acceptors (Lipinski definition) is 6. The van der Waals surface area contributed by atoms with Gasteiger partial charge in [0.25, 0.3) is 0 Å². The number of aryl methyl sites for hydroxylation is 1. The van der Waals surface area contributed by atoms with Gasteiger partial charge in [0.1, 0.15) is 6.33 Å². The maximum atomic E-state index is 12.3. The molecule has 0 radical (unpaired) electrons. The van der Waals surface area contributed by atoms with Crippen molar-refractivity contribution in [2.24, 2.45) is 7.05 Å². The standard InChI is InChI=1S/C14H16N4O2S2/c1-9(19)16-11-5-4-10(6-13(11)21-3)12(20)7-22-14-17-15-8-18(14)2/h4-6,8H,7H2,1-3H3,(H,16,19). The summed E-state index contributed by atoms with van der Waals surface area (Å²) in [6.45, 7) is 1.46. The van der Waals surface area contributed by atoms with E-state index in [1.807, 2.05) is 13.3 Å². The molecule has 0 aliphatic carbocycles. The molecular formula is C14H16N4O2S2. The van der Waals surface area contributed by atoms with Crippen LogP contribution in [0.3, 0.4) is 0 Å². The first-order valence-corrected chi connectivity index (χ1v) is 8.68. The van der Waals surface area contributed by atoms with E-state index in [0.717, 1.165) is 10.6 Å². The van der Waals surface area contributed by atoms with Gasteiger partial charge < -0.3 is 9.88 Å². The molecule has 6 nitrogen and oxygen atoms in total. The lowest BCUT2D eigenvalue weighted by atomic mass is 10.1. The van der Waals surface area contributed by atoms with Crippen molar-refractivity contribution in [1.29, 1.82) is 0 Å². The molecule has 0 fully saturated rings. The normalized spacial score (nSPS) is 10.5. The second kappa shape index (κ2) is 7.46. The van der Waals surface area contributed by atoms with Crippen molar-refractivity contribution < 1.29 is 9.59 Å². The van der Waals surface area contributed by atoms with Gasteiger partial charge in [-0.05, 0) is 24.5 Å². The zero-order valence-electron chi connectivity index (χ0n) is 12.5. The third kappa shape index (κ3) is 4.11. The van der Waals surface area contributed by atoms with Crippen LogP contribution in [0.5, 0.6) is 0 Å². The maximum Gasteiger partial charge on any atom is 0.221 e. The van der Waals surface area contributed by atoms with E-state index >= 15 is 0 Å². The van der Waals surface area contributed by atoms with E-state index in [1.54, 1.807) is 29.1 Å². The summed E-state index contributed by atoms with van der Waals surface area (Å²) in [6, 6.07) is 5.29. The number of thioether (sulfide) groups is 2. The first-order valence-electron chi connectivity index (χ1n) is 6.47. The van der Waals surface area contributed by atoms with E-state index in [1.165, 1.54) is 30.4 Å². The third-order valence-electron chi connectivity index (χ3n) is 2.84. The number of nitrogens with zero attached hydrogens (tertiary/aromatic N) is 3. The van der Waals surface area contributed by atoms with E-state index in [0.29, 0.717) is 16.5 Å². The molecule has 0 aliphatic rings. The van der Waals surface area contributed by atoms with E-state index in [-0.39, 0.29) is 11.7 Å². The van der Waals surface area contributed by atoms with Crippen LogP contribution in [0.15, 0.2) is 34.6 Å². The Labute approximate surface area is 137 Å². The lowest BCUT2D eigenvalue weighted by Crippen LogP contribution is -2.08. The third-order valence-corrected chi connectivity index (χ3v) is 4.65. The number of aromatic nitrogens is 3. The number of Topliss-reactive ketones (excluding diaryl/α,β-unsaturated/α-hetero) is 1. The molecule has 1 amide bonds. The fourth-order valence-corrected chi connectivity index (χ4v) is 3.14. The van der Waals surface area contributed by atoms with Gasteiger partial charge in [-0.3, -0.25) is 9.59 Å². The quantitative estimate of drug-likeness (QED) is 0.645. The number of amides is 1. The average Bonchev–Trinajstić information content (AvgIpc) is 2.90. The Hall–Kier alpha value is -1.80. The van der Waals surface area contributed by atoms with Gasteiger partial charge in [-0.1, -0.05) is 11.8 Å². The molecule has 0 atom stereocenters. The number of carbonyl (C=O) groups is 2. The monoisotopic (exact) mass is 336 g/mol. The smallest absolute Gasteiger partial charge is 0.221 e. The van der Waals surface area contributed by atoms with Gasteiger partial charge in [-0.25, -0.2) is 0 Å². The highest BCUT2D eigenvalue weighted by molar-refractivity contribution is 7.99. The number of ketones is 1. The van der Waals surface area contributed by atoms with Crippen LogP contribution in [0.25, 0.3) is 0 Å². The van der Waals surface area contributed by atoms with Crippen LogP contribution in [0, 0.1) is 0 Å². The van der Waals surface area contributed by atoms with Gasteiger partial charge in [-0.15, -0.1) is 22.0 Å². The van der Waals surface area contributed by atoms with E-state index in [9.17, 15) is 9.59 Å². The van der Waals surface area contributed by atoms with E-state index < -0.39 is 0 Å². The minimum atomic E-state index is -0.132. The van der Waals surface area contributed by atoms with Crippen LogP contribution in [0.2, 0.25) is 0 Å². The molecule has 22 heavy (non-hydrogen) atoms. The van der Waals surface area contributed by atoms with E-state index in [2.05, 4.69) is 15.5 Å². The number of nitrogens with one attached hydrogen (secondary N) is 1. The minimum absolute atomic E-state index is 0.0117. The van der Waals surface area contributed by atoms with Crippen molar-refractivity contribution in [1.82, 2.24) is 14.8 Å². The Morgan fingerprint density at radius 1 is 1.36 bits per heavy atom. The predicted octanol–water partition coefficient (Wildman–Crippen LogP) is 2.47. The molecule has 2 aromatic rings. The predicted molar refractivity (Wildman–Crippen MR) is 88.6 cm³/mol. The molecule has 1 aromatic carbocycles. The second-order valence-electron chi connectivity index (χ2n) is 4.53. The van der Waals surface area contributed by atoms with Gasteiger partial charge in [0.2, 0.25) is 5.91 Å². The fraction of sp³-hybridized carbons (Fsp3) is 0.286. The molecule has 0 bridgehead atoms. The number of carbonyl (C=O) groups excluding carboxylic acids is 2. The van der Waals surface area contributed by atoms with E-state index in [4.69, 9.17) is 0 Å². The molecule has 0 aliphatic heterocycles. The zero-order chi connectivity index (χ0) is 16.1. The first-order chi connectivity index (χ1) is 10.5. The van der Waals surface area contributed by atoms with Crippen molar-refractivity contribution in [2.45, 2.75) is 17.0 Å². The number of rotatable bonds is 6. The van der Waals surface area contributed by atoms with Crippen LogP contribution >= 0.6 is 23.5 Å². The highest BCUT2D eigenvalue weighted by Crippen LogP contribution is 2.27. The SMILES string of the molecule is CSc1cc(C(=O)CSc2nncn2C)ccc1NC(C)=O. The zero-order valence-corrected chi connectivity index (χ0v) is 14.1. The summed E-state index contributed by atoms with van der Waals surface area (Å²) in [5.74, 6) is 0.171. The van der Waals surface area contributed by atoms with Gasteiger partial charge in [0.05, 0.1) is 11.4 Å². The summed E-state index contributed by atoms with van der Waals surface area (Å²) < 4.78 is 1.77. The summed E-state index contributed by atoms with van der Waals surface area (Å²) in [5.41, 5.74) is 1.34. The molecule has 0 saturated carbocycles. The van der Waals surface area contributed by atoms with Crippen LogP contribution in [-0.4, -0.2) is 38.5 Å². The molecule has 0 spiro atoms. The topological polar surface area (TPSA) is 76.9 Å². The number of benzene rings is 1. The van der Waals surface area contributed by atoms with Crippen molar-refractivity contribution in [3.63, 3.8) is 0 Å². The van der Waals surface area contributed by atoms with Crippen molar-refractivity contribution in [3.05, 3.63) is 30.1 Å². The molecule has 2 rings (SSSR count). The molecule has 116 valence electrons. The number of hydrogen-bond donors (Lipinski definition) is 1. The Kier molecular flexibility index (Phi) is 5.62. The Bertz CT molecular complexity index is 700. The van der Waals surface area contributed by atoms with Crippen LogP contribution in [0.4, 0.5) is 5.69 Å². The summed E-state index contributed by atoms with van der Waals surface area (Å²) in [6.07, 6.45) is 3.50. The fourth-order valence-electron chi connectivity index (χ4n) is 1.77. The molecule has 8 heteroatoms. The summed E-state index contributed by atoms with van der Waals surface area (Å²) >= 11 is 2.84. The summed E-state index contributed by atoms with van der Waals surface area (Å²) in [5, 5.41) is 11.2.